The minimum absolute atomic E-state index is 0.150. The maximum Gasteiger partial charge on any atom is 0.263 e. The zero-order valence-electron chi connectivity index (χ0n) is 15.5. The van der Waals surface area contributed by atoms with Crippen molar-refractivity contribution in [2.75, 3.05) is 26.0 Å². The van der Waals surface area contributed by atoms with Crippen molar-refractivity contribution in [3.05, 3.63) is 58.9 Å². The molecule has 0 aliphatic heterocycles. The molecule has 1 unspecified atom stereocenters. The summed E-state index contributed by atoms with van der Waals surface area (Å²) in [5.41, 5.74) is 2.10. The number of anilines is 1. The predicted molar refractivity (Wildman–Crippen MR) is 103 cm³/mol. The van der Waals surface area contributed by atoms with Gasteiger partial charge in [0, 0.05) is 33.4 Å². The lowest BCUT2D eigenvalue weighted by molar-refractivity contribution is -0.138. The Hall–Kier alpha value is -2.27. The molecule has 0 radical (unpaired) electrons. The lowest BCUT2D eigenvalue weighted by Crippen LogP contribution is -2.39. The smallest absolute Gasteiger partial charge is 0.263 e. The van der Waals surface area contributed by atoms with E-state index < -0.39 is 11.9 Å². The summed E-state index contributed by atoms with van der Waals surface area (Å²) in [5, 5.41) is 0.151. The average molecular weight is 379 g/mol. The SMILES string of the molecule is CCC(Oc1ccc(F)cc1Cl)C(=O)N(C)Cc1cccc(N(C)C)c1. The maximum atomic E-state index is 13.2. The van der Waals surface area contributed by atoms with Gasteiger partial charge in [0.2, 0.25) is 0 Å². The second-order valence-corrected chi connectivity index (χ2v) is 6.76. The standard InChI is InChI=1S/C20H24ClFN2O2/c1-5-18(26-19-10-9-15(22)12-17(19)21)20(25)24(4)13-14-7-6-8-16(11-14)23(2)3/h6-12,18H,5,13H2,1-4H3. The van der Waals surface area contributed by atoms with Crippen LogP contribution in [-0.2, 0) is 11.3 Å². The molecule has 2 rings (SSSR count). The van der Waals surface area contributed by atoms with Gasteiger partial charge in [-0.25, -0.2) is 4.39 Å². The Balaban J connectivity index is 2.08. The zero-order valence-corrected chi connectivity index (χ0v) is 16.3. The van der Waals surface area contributed by atoms with E-state index in [2.05, 4.69) is 0 Å². The van der Waals surface area contributed by atoms with Gasteiger partial charge in [0.1, 0.15) is 11.6 Å². The summed E-state index contributed by atoms with van der Waals surface area (Å²) >= 11 is 6.00. The van der Waals surface area contributed by atoms with Gasteiger partial charge in [-0.05, 0) is 42.3 Å². The third-order valence-corrected chi connectivity index (χ3v) is 4.33. The molecule has 26 heavy (non-hydrogen) atoms. The van der Waals surface area contributed by atoms with Crippen LogP contribution in [0.25, 0.3) is 0 Å². The minimum atomic E-state index is -0.681. The van der Waals surface area contributed by atoms with Crippen LogP contribution in [0.15, 0.2) is 42.5 Å². The van der Waals surface area contributed by atoms with Gasteiger partial charge in [-0.15, -0.1) is 0 Å². The first-order valence-electron chi connectivity index (χ1n) is 8.44. The molecule has 0 spiro atoms. The monoisotopic (exact) mass is 378 g/mol. The molecule has 1 atom stereocenters. The molecule has 4 nitrogen and oxygen atoms in total. The first-order chi connectivity index (χ1) is 12.3. The molecular weight excluding hydrogens is 355 g/mol. The van der Waals surface area contributed by atoms with Crippen molar-refractivity contribution >= 4 is 23.2 Å². The number of hydrogen-bond donors (Lipinski definition) is 0. The highest BCUT2D eigenvalue weighted by atomic mass is 35.5. The topological polar surface area (TPSA) is 32.8 Å². The highest BCUT2D eigenvalue weighted by Crippen LogP contribution is 2.27. The number of carbonyl (C=O) groups is 1. The average Bonchev–Trinajstić information content (AvgIpc) is 2.60. The molecule has 140 valence electrons. The van der Waals surface area contributed by atoms with Crippen LogP contribution in [0, 0.1) is 5.82 Å². The van der Waals surface area contributed by atoms with Gasteiger partial charge in [-0.1, -0.05) is 30.7 Å². The first-order valence-corrected chi connectivity index (χ1v) is 8.82. The largest absolute Gasteiger partial charge is 0.479 e. The number of halogens is 2. The first kappa shape index (κ1) is 20.0. The molecule has 2 aromatic rings. The fourth-order valence-corrected chi connectivity index (χ4v) is 2.77. The van der Waals surface area contributed by atoms with Crippen LogP contribution >= 0.6 is 11.6 Å². The third-order valence-electron chi connectivity index (χ3n) is 4.03. The van der Waals surface area contributed by atoms with Crippen molar-refractivity contribution in [3.8, 4) is 5.75 Å². The van der Waals surface area contributed by atoms with E-state index in [1.54, 1.807) is 11.9 Å². The van der Waals surface area contributed by atoms with Crippen LogP contribution in [0.5, 0.6) is 5.75 Å². The van der Waals surface area contributed by atoms with Crippen LogP contribution in [-0.4, -0.2) is 38.1 Å². The summed E-state index contributed by atoms with van der Waals surface area (Å²) in [6.07, 6.45) is -0.200. The van der Waals surface area contributed by atoms with Gasteiger partial charge in [-0.3, -0.25) is 4.79 Å². The lowest BCUT2D eigenvalue weighted by Gasteiger charge is -2.24. The number of rotatable bonds is 7. The molecule has 0 aliphatic carbocycles. The van der Waals surface area contributed by atoms with Crippen molar-refractivity contribution in [1.82, 2.24) is 4.90 Å². The summed E-state index contributed by atoms with van der Waals surface area (Å²) in [6.45, 7) is 2.33. The van der Waals surface area contributed by atoms with Crippen molar-refractivity contribution in [1.29, 1.82) is 0 Å². The van der Waals surface area contributed by atoms with Gasteiger partial charge in [0.05, 0.1) is 5.02 Å². The number of ether oxygens (including phenoxy) is 1. The van der Waals surface area contributed by atoms with Gasteiger partial charge >= 0.3 is 0 Å². The van der Waals surface area contributed by atoms with Gasteiger partial charge in [0.25, 0.3) is 5.91 Å². The molecule has 0 aliphatic rings. The van der Waals surface area contributed by atoms with E-state index in [1.165, 1.54) is 18.2 Å². The number of likely N-dealkylation sites (N-methyl/N-ethyl adjacent to an activating group) is 1. The van der Waals surface area contributed by atoms with Crippen molar-refractivity contribution < 1.29 is 13.9 Å². The maximum absolute atomic E-state index is 13.2. The summed E-state index contributed by atoms with van der Waals surface area (Å²) in [6, 6.07) is 11.9. The number of benzene rings is 2. The molecule has 0 N–H and O–H groups in total. The van der Waals surface area contributed by atoms with Crippen molar-refractivity contribution in [2.45, 2.75) is 26.0 Å². The molecule has 0 saturated carbocycles. The van der Waals surface area contributed by atoms with Crippen LogP contribution in [0.4, 0.5) is 10.1 Å². The summed E-state index contributed by atoms with van der Waals surface area (Å²) in [5.74, 6) is -0.293. The highest BCUT2D eigenvalue weighted by molar-refractivity contribution is 6.32. The summed E-state index contributed by atoms with van der Waals surface area (Å²) < 4.78 is 18.9. The zero-order chi connectivity index (χ0) is 19.3. The Bertz CT molecular complexity index is 767. The second-order valence-electron chi connectivity index (χ2n) is 6.35. The van der Waals surface area contributed by atoms with E-state index in [-0.39, 0.29) is 10.9 Å². The molecule has 0 aromatic heterocycles. The van der Waals surface area contributed by atoms with Crippen LogP contribution in [0.2, 0.25) is 5.02 Å². The molecule has 2 aromatic carbocycles. The van der Waals surface area contributed by atoms with E-state index >= 15 is 0 Å². The predicted octanol–water partition coefficient (Wildman–Crippen LogP) is 4.36. The molecule has 0 heterocycles. The van der Waals surface area contributed by atoms with Crippen LogP contribution in [0.1, 0.15) is 18.9 Å². The van der Waals surface area contributed by atoms with E-state index in [9.17, 15) is 9.18 Å². The van der Waals surface area contributed by atoms with E-state index in [0.29, 0.717) is 18.7 Å². The molecule has 6 heteroatoms. The molecular formula is C20H24ClFN2O2. The van der Waals surface area contributed by atoms with Gasteiger partial charge < -0.3 is 14.5 Å². The normalized spacial score (nSPS) is 11.8. The Labute approximate surface area is 159 Å². The molecule has 1 amide bonds. The number of hydrogen-bond acceptors (Lipinski definition) is 3. The van der Waals surface area contributed by atoms with E-state index in [4.69, 9.17) is 16.3 Å². The van der Waals surface area contributed by atoms with Crippen molar-refractivity contribution in [3.63, 3.8) is 0 Å². The van der Waals surface area contributed by atoms with Crippen molar-refractivity contribution in [2.24, 2.45) is 0 Å². The van der Waals surface area contributed by atoms with E-state index in [1.807, 2.05) is 50.2 Å². The van der Waals surface area contributed by atoms with Crippen LogP contribution < -0.4 is 9.64 Å². The highest BCUT2D eigenvalue weighted by Gasteiger charge is 2.23. The van der Waals surface area contributed by atoms with Gasteiger partial charge in [0.15, 0.2) is 6.10 Å². The fourth-order valence-electron chi connectivity index (χ4n) is 2.56. The lowest BCUT2D eigenvalue weighted by atomic mass is 10.1. The Morgan fingerprint density at radius 2 is 1.92 bits per heavy atom. The van der Waals surface area contributed by atoms with E-state index in [0.717, 1.165) is 11.3 Å². The Kier molecular flexibility index (Phi) is 6.86. The summed E-state index contributed by atoms with van der Waals surface area (Å²) in [4.78, 5) is 16.4. The number of nitrogens with zero attached hydrogens (tertiary/aromatic N) is 2. The quantitative estimate of drug-likeness (QED) is 0.717. The van der Waals surface area contributed by atoms with Crippen LogP contribution in [0.3, 0.4) is 0 Å². The summed E-state index contributed by atoms with van der Waals surface area (Å²) in [7, 11) is 5.69. The Morgan fingerprint density at radius 1 is 1.19 bits per heavy atom. The minimum Gasteiger partial charge on any atom is -0.479 e. The fraction of sp³-hybridized carbons (Fsp3) is 0.350. The molecule has 0 saturated heterocycles. The molecule has 0 bridgehead atoms. The number of amides is 1. The molecule has 0 fully saturated rings. The number of carbonyl (C=O) groups excluding carboxylic acids is 1. The third kappa shape index (κ3) is 5.11. The second kappa shape index (κ2) is 8.90. The van der Waals surface area contributed by atoms with Gasteiger partial charge in [-0.2, -0.15) is 0 Å². The Morgan fingerprint density at radius 3 is 2.54 bits per heavy atom.